The van der Waals surface area contributed by atoms with E-state index in [0.717, 1.165) is 18.2 Å². The molecule has 0 saturated heterocycles. The third-order valence-corrected chi connectivity index (χ3v) is 4.24. The highest BCUT2D eigenvalue weighted by atomic mass is 15.3. The zero-order chi connectivity index (χ0) is 15.0. The molecule has 112 valence electrons. The monoisotopic (exact) mass is 284 g/mol. The van der Waals surface area contributed by atoms with Gasteiger partial charge < -0.3 is 9.47 Å². The largest absolute Gasteiger partial charge is 0.362 e. The SMILES string of the molecule is Cc1ccc(N(Cc2nnc(C3CC3)n2C)C(C)C)cc1. The van der Waals surface area contributed by atoms with Crippen molar-refractivity contribution >= 4 is 5.69 Å². The van der Waals surface area contributed by atoms with Crippen LogP contribution in [-0.4, -0.2) is 20.8 Å². The molecule has 0 N–H and O–H groups in total. The fourth-order valence-corrected chi connectivity index (χ4v) is 2.67. The normalized spacial score (nSPS) is 14.7. The molecular formula is C17H24N4. The lowest BCUT2D eigenvalue weighted by Gasteiger charge is -2.28. The average Bonchev–Trinajstić information content (AvgIpc) is 3.22. The molecule has 0 unspecified atom stereocenters. The maximum atomic E-state index is 4.41. The molecule has 1 aliphatic carbocycles. The second-order valence-corrected chi connectivity index (χ2v) is 6.36. The fraction of sp³-hybridized carbons (Fsp3) is 0.529. The molecule has 1 aromatic carbocycles. The zero-order valence-corrected chi connectivity index (χ0v) is 13.4. The summed E-state index contributed by atoms with van der Waals surface area (Å²) in [6, 6.07) is 9.13. The zero-order valence-electron chi connectivity index (χ0n) is 13.4. The van der Waals surface area contributed by atoms with E-state index in [1.165, 1.54) is 24.1 Å². The van der Waals surface area contributed by atoms with E-state index >= 15 is 0 Å². The van der Waals surface area contributed by atoms with Gasteiger partial charge in [-0.1, -0.05) is 17.7 Å². The Morgan fingerprint density at radius 2 is 1.86 bits per heavy atom. The average molecular weight is 284 g/mol. The van der Waals surface area contributed by atoms with Crippen molar-refractivity contribution in [2.75, 3.05) is 4.90 Å². The number of aryl methyl sites for hydroxylation is 1. The molecule has 1 aliphatic rings. The molecule has 0 bridgehead atoms. The van der Waals surface area contributed by atoms with Crippen LogP contribution in [-0.2, 0) is 13.6 Å². The van der Waals surface area contributed by atoms with Crippen LogP contribution in [0.5, 0.6) is 0 Å². The van der Waals surface area contributed by atoms with E-state index in [9.17, 15) is 0 Å². The van der Waals surface area contributed by atoms with Crippen LogP contribution in [0.3, 0.4) is 0 Å². The lowest BCUT2D eigenvalue weighted by molar-refractivity contribution is 0.638. The van der Waals surface area contributed by atoms with Crippen LogP contribution in [0.1, 0.15) is 49.8 Å². The van der Waals surface area contributed by atoms with Crippen LogP contribution in [0.4, 0.5) is 5.69 Å². The maximum Gasteiger partial charge on any atom is 0.152 e. The first-order valence-electron chi connectivity index (χ1n) is 7.77. The summed E-state index contributed by atoms with van der Waals surface area (Å²) in [7, 11) is 2.09. The van der Waals surface area contributed by atoms with Gasteiger partial charge in [0.05, 0.1) is 6.54 Å². The van der Waals surface area contributed by atoms with Gasteiger partial charge in [0.1, 0.15) is 5.82 Å². The Morgan fingerprint density at radius 3 is 2.43 bits per heavy atom. The third kappa shape index (κ3) is 2.94. The molecule has 1 heterocycles. The molecule has 4 heteroatoms. The topological polar surface area (TPSA) is 34.0 Å². The minimum atomic E-state index is 0.425. The van der Waals surface area contributed by atoms with Gasteiger partial charge in [-0.3, -0.25) is 0 Å². The van der Waals surface area contributed by atoms with Crippen LogP contribution in [0.25, 0.3) is 0 Å². The first-order valence-corrected chi connectivity index (χ1v) is 7.77. The molecule has 0 spiro atoms. The minimum absolute atomic E-state index is 0.425. The van der Waals surface area contributed by atoms with Crippen molar-refractivity contribution in [1.29, 1.82) is 0 Å². The Labute approximate surface area is 126 Å². The van der Waals surface area contributed by atoms with Gasteiger partial charge in [-0.25, -0.2) is 0 Å². The summed E-state index contributed by atoms with van der Waals surface area (Å²) in [4.78, 5) is 2.38. The maximum absolute atomic E-state index is 4.41. The fourth-order valence-electron chi connectivity index (χ4n) is 2.67. The molecule has 1 aromatic heterocycles. The van der Waals surface area contributed by atoms with Gasteiger partial charge in [0.25, 0.3) is 0 Å². The first kappa shape index (κ1) is 14.1. The standard InChI is InChI=1S/C17H24N4/c1-12(2)21(15-9-5-13(3)6-10-15)11-16-18-19-17(20(16)4)14-7-8-14/h5-6,9-10,12,14H,7-8,11H2,1-4H3. The van der Waals surface area contributed by atoms with Crippen LogP contribution in [0.15, 0.2) is 24.3 Å². The summed E-state index contributed by atoms with van der Waals surface area (Å²) in [6.07, 6.45) is 2.52. The predicted octanol–water partition coefficient (Wildman–Crippen LogP) is 3.42. The van der Waals surface area contributed by atoms with Crippen LogP contribution in [0.2, 0.25) is 0 Å². The molecule has 21 heavy (non-hydrogen) atoms. The Kier molecular flexibility index (Phi) is 3.70. The number of rotatable bonds is 5. The number of anilines is 1. The van der Waals surface area contributed by atoms with Crippen LogP contribution < -0.4 is 4.90 Å². The van der Waals surface area contributed by atoms with E-state index in [1.807, 2.05) is 0 Å². The van der Waals surface area contributed by atoms with Crippen molar-refractivity contribution < 1.29 is 0 Å². The highest BCUT2D eigenvalue weighted by Crippen LogP contribution is 2.38. The van der Waals surface area contributed by atoms with E-state index in [-0.39, 0.29) is 0 Å². The second kappa shape index (κ2) is 5.51. The number of benzene rings is 1. The van der Waals surface area contributed by atoms with Crippen molar-refractivity contribution in [2.24, 2.45) is 7.05 Å². The summed E-state index contributed by atoms with van der Waals surface area (Å²) in [5.74, 6) is 2.84. The Hall–Kier alpha value is -1.84. The van der Waals surface area contributed by atoms with Gasteiger partial charge in [-0.2, -0.15) is 0 Å². The summed E-state index contributed by atoms with van der Waals surface area (Å²) in [5.41, 5.74) is 2.53. The molecule has 0 aliphatic heterocycles. The third-order valence-electron chi connectivity index (χ3n) is 4.24. The smallest absolute Gasteiger partial charge is 0.152 e. The predicted molar refractivity (Wildman–Crippen MR) is 85.5 cm³/mol. The minimum Gasteiger partial charge on any atom is -0.362 e. The summed E-state index contributed by atoms with van der Waals surface area (Å²) < 4.78 is 2.18. The van der Waals surface area contributed by atoms with E-state index in [0.29, 0.717) is 12.0 Å². The molecule has 0 amide bonds. The van der Waals surface area contributed by atoms with E-state index < -0.39 is 0 Å². The Morgan fingerprint density at radius 1 is 1.19 bits per heavy atom. The molecule has 2 aromatic rings. The lowest BCUT2D eigenvalue weighted by Crippen LogP contribution is -2.31. The Bertz CT molecular complexity index is 608. The summed E-state index contributed by atoms with van der Waals surface area (Å²) in [5, 5.41) is 8.80. The number of aromatic nitrogens is 3. The number of hydrogen-bond acceptors (Lipinski definition) is 3. The molecule has 0 atom stereocenters. The van der Waals surface area contributed by atoms with E-state index in [4.69, 9.17) is 0 Å². The lowest BCUT2D eigenvalue weighted by atomic mass is 10.2. The molecule has 0 radical (unpaired) electrons. The van der Waals surface area contributed by atoms with Gasteiger partial charge in [-0.15, -0.1) is 10.2 Å². The van der Waals surface area contributed by atoms with Crippen LogP contribution in [0, 0.1) is 6.92 Å². The quantitative estimate of drug-likeness (QED) is 0.843. The van der Waals surface area contributed by atoms with E-state index in [1.54, 1.807) is 0 Å². The molecule has 1 fully saturated rings. The highest BCUT2D eigenvalue weighted by Gasteiger charge is 2.29. The Balaban J connectivity index is 1.83. The number of nitrogens with zero attached hydrogens (tertiary/aromatic N) is 4. The van der Waals surface area contributed by atoms with Crippen molar-refractivity contribution in [3.05, 3.63) is 41.5 Å². The highest BCUT2D eigenvalue weighted by molar-refractivity contribution is 5.48. The molecular weight excluding hydrogens is 260 g/mol. The van der Waals surface area contributed by atoms with Gasteiger partial charge in [0, 0.05) is 24.7 Å². The van der Waals surface area contributed by atoms with E-state index in [2.05, 4.69) is 71.7 Å². The van der Waals surface area contributed by atoms with Crippen molar-refractivity contribution in [2.45, 2.75) is 52.1 Å². The molecule has 3 rings (SSSR count). The van der Waals surface area contributed by atoms with Gasteiger partial charge in [0.2, 0.25) is 0 Å². The first-order chi connectivity index (χ1) is 10.1. The molecule has 4 nitrogen and oxygen atoms in total. The van der Waals surface area contributed by atoms with Crippen LogP contribution >= 0.6 is 0 Å². The van der Waals surface area contributed by atoms with Gasteiger partial charge in [-0.05, 0) is 45.7 Å². The van der Waals surface area contributed by atoms with Crippen molar-refractivity contribution in [3.63, 3.8) is 0 Å². The van der Waals surface area contributed by atoms with Gasteiger partial charge >= 0.3 is 0 Å². The van der Waals surface area contributed by atoms with Gasteiger partial charge in [0.15, 0.2) is 5.82 Å². The summed E-state index contributed by atoms with van der Waals surface area (Å²) >= 11 is 0. The molecule has 1 saturated carbocycles. The number of hydrogen-bond donors (Lipinski definition) is 0. The second-order valence-electron chi connectivity index (χ2n) is 6.36. The van der Waals surface area contributed by atoms with Crippen molar-refractivity contribution in [3.8, 4) is 0 Å². The summed E-state index contributed by atoms with van der Waals surface area (Å²) in [6.45, 7) is 7.36. The van der Waals surface area contributed by atoms with Crippen molar-refractivity contribution in [1.82, 2.24) is 14.8 Å².